The van der Waals surface area contributed by atoms with E-state index in [1.165, 1.54) is 31.3 Å². The Labute approximate surface area is 226 Å². The second-order valence-electron chi connectivity index (χ2n) is 8.77. The molecule has 0 aliphatic carbocycles. The Morgan fingerprint density at radius 3 is 2.16 bits per heavy atom. The van der Waals surface area contributed by atoms with E-state index < -0.39 is 23.5 Å². The summed E-state index contributed by atoms with van der Waals surface area (Å²) < 4.78 is 16.3. The SMILES string of the molecule is CCOc1ccc(C2/C(=C(\O)c3cc(OC)c(Cl)cc3OC)C(=O)C(=O)N2c2ccc(N(C)C)cc2)cc1. The highest BCUT2D eigenvalue weighted by molar-refractivity contribution is 6.51. The van der Waals surface area contributed by atoms with Gasteiger partial charge in [0.05, 0.1) is 43.0 Å². The number of benzene rings is 3. The molecule has 9 heteroatoms. The number of methoxy groups -OCH3 is 2. The van der Waals surface area contributed by atoms with Crippen LogP contribution < -0.4 is 24.0 Å². The minimum absolute atomic E-state index is 0.0847. The number of aliphatic hydroxyl groups is 1. The number of rotatable bonds is 8. The van der Waals surface area contributed by atoms with E-state index in [1.54, 1.807) is 36.4 Å². The molecule has 0 aromatic heterocycles. The van der Waals surface area contributed by atoms with E-state index >= 15 is 0 Å². The van der Waals surface area contributed by atoms with Crippen LogP contribution in [0.2, 0.25) is 5.02 Å². The number of halogens is 1. The average molecular weight is 537 g/mol. The van der Waals surface area contributed by atoms with Crippen LogP contribution in [0, 0.1) is 0 Å². The molecule has 0 radical (unpaired) electrons. The molecule has 1 aliphatic heterocycles. The number of amides is 1. The lowest BCUT2D eigenvalue weighted by molar-refractivity contribution is -0.132. The second-order valence-corrected chi connectivity index (χ2v) is 9.18. The van der Waals surface area contributed by atoms with E-state index in [4.69, 9.17) is 25.8 Å². The summed E-state index contributed by atoms with van der Waals surface area (Å²) in [5, 5.41) is 11.8. The van der Waals surface area contributed by atoms with Crippen LogP contribution in [0.15, 0.2) is 66.2 Å². The predicted octanol–water partition coefficient (Wildman–Crippen LogP) is 5.45. The Morgan fingerprint density at radius 2 is 1.61 bits per heavy atom. The first-order chi connectivity index (χ1) is 18.2. The molecule has 1 aliphatic rings. The van der Waals surface area contributed by atoms with Crippen LogP contribution in [0.4, 0.5) is 11.4 Å². The molecule has 4 rings (SSSR count). The van der Waals surface area contributed by atoms with Gasteiger partial charge in [-0.05, 0) is 55.0 Å². The third-order valence-electron chi connectivity index (χ3n) is 6.32. The lowest BCUT2D eigenvalue weighted by atomic mass is 9.94. The van der Waals surface area contributed by atoms with Gasteiger partial charge in [0.2, 0.25) is 0 Å². The van der Waals surface area contributed by atoms with Gasteiger partial charge in [0, 0.05) is 31.5 Å². The third-order valence-corrected chi connectivity index (χ3v) is 6.62. The van der Waals surface area contributed by atoms with E-state index in [1.807, 2.05) is 38.1 Å². The lowest BCUT2D eigenvalue weighted by Gasteiger charge is -2.26. The summed E-state index contributed by atoms with van der Waals surface area (Å²) in [6.45, 7) is 2.38. The number of ether oxygens (including phenoxy) is 3. The molecule has 1 N–H and O–H groups in total. The smallest absolute Gasteiger partial charge is 0.300 e. The summed E-state index contributed by atoms with van der Waals surface area (Å²) in [6.07, 6.45) is 0. The first-order valence-electron chi connectivity index (χ1n) is 11.9. The van der Waals surface area contributed by atoms with E-state index in [9.17, 15) is 14.7 Å². The van der Waals surface area contributed by atoms with Crippen LogP contribution in [0.1, 0.15) is 24.1 Å². The summed E-state index contributed by atoms with van der Waals surface area (Å²) in [5.74, 6) is -0.841. The highest BCUT2D eigenvalue weighted by atomic mass is 35.5. The van der Waals surface area contributed by atoms with Crippen LogP contribution in [0.3, 0.4) is 0 Å². The summed E-state index contributed by atoms with van der Waals surface area (Å²) in [7, 11) is 6.68. The van der Waals surface area contributed by atoms with Gasteiger partial charge in [-0.1, -0.05) is 23.7 Å². The van der Waals surface area contributed by atoms with Gasteiger partial charge >= 0.3 is 0 Å². The second kappa shape index (κ2) is 11.1. The number of nitrogens with zero attached hydrogens (tertiary/aromatic N) is 2. The molecule has 38 heavy (non-hydrogen) atoms. The normalized spacial score (nSPS) is 16.5. The van der Waals surface area contributed by atoms with Crippen LogP contribution in [-0.2, 0) is 9.59 Å². The Balaban J connectivity index is 1.94. The average Bonchev–Trinajstić information content (AvgIpc) is 3.18. The molecule has 1 atom stereocenters. The van der Waals surface area contributed by atoms with Gasteiger partial charge in [-0.15, -0.1) is 0 Å². The highest BCUT2D eigenvalue weighted by Gasteiger charge is 2.47. The van der Waals surface area contributed by atoms with Gasteiger partial charge in [0.15, 0.2) is 0 Å². The molecule has 0 saturated carbocycles. The molecule has 3 aromatic carbocycles. The Hall–Kier alpha value is -4.17. The number of hydrogen-bond donors (Lipinski definition) is 1. The van der Waals surface area contributed by atoms with Crippen molar-refractivity contribution in [2.75, 3.05) is 44.7 Å². The van der Waals surface area contributed by atoms with E-state index in [0.29, 0.717) is 23.6 Å². The number of carbonyl (C=O) groups excluding carboxylic acids is 2. The monoisotopic (exact) mass is 536 g/mol. The number of hydrogen-bond acceptors (Lipinski definition) is 7. The molecule has 1 heterocycles. The van der Waals surface area contributed by atoms with E-state index in [2.05, 4.69) is 0 Å². The van der Waals surface area contributed by atoms with Crippen LogP contribution in [0.25, 0.3) is 5.76 Å². The fourth-order valence-electron chi connectivity index (χ4n) is 4.43. The van der Waals surface area contributed by atoms with Gasteiger partial charge in [-0.3, -0.25) is 14.5 Å². The van der Waals surface area contributed by atoms with Crippen LogP contribution in [-0.4, -0.2) is 51.7 Å². The van der Waals surface area contributed by atoms with Crippen molar-refractivity contribution in [3.05, 3.63) is 82.4 Å². The lowest BCUT2D eigenvalue weighted by Crippen LogP contribution is -2.29. The number of Topliss-reactive ketones (excluding diaryl/α,β-unsaturated/α-hetero) is 1. The predicted molar refractivity (Wildman–Crippen MR) is 148 cm³/mol. The molecular formula is C29H29ClN2O6. The number of carbonyl (C=O) groups is 2. The Kier molecular flexibility index (Phi) is 7.83. The summed E-state index contributed by atoms with van der Waals surface area (Å²) in [4.78, 5) is 30.3. The van der Waals surface area contributed by atoms with Crippen LogP contribution in [0.5, 0.6) is 17.2 Å². The molecule has 1 amide bonds. The summed E-state index contributed by atoms with van der Waals surface area (Å²) in [5.41, 5.74) is 2.15. The maximum atomic E-state index is 13.5. The zero-order valence-electron chi connectivity index (χ0n) is 21.8. The van der Waals surface area contributed by atoms with Crippen molar-refractivity contribution in [2.24, 2.45) is 0 Å². The van der Waals surface area contributed by atoms with Gasteiger partial charge in [-0.2, -0.15) is 0 Å². The van der Waals surface area contributed by atoms with Gasteiger partial charge in [0.25, 0.3) is 11.7 Å². The van der Waals surface area contributed by atoms with Crippen molar-refractivity contribution >= 4 is 40.4 Å². The third kappa shape index (κ3) is 4.87. The minimum Gasteiger partial charge on any atom is -0.507 e. The summed E-state index contributed by atoms with van der Waals surface area (Å²) in [6, 6.07) is 16.4. The number of aliphatic hydroxyl groups excluding tert-OH is 1. The molecule has 3 aromatic rings. The standard InChI is InChI=1S/C29H29ClN2O6/c1-6-38-20-13-7-17(8-14-20)26-25(27(33)21-15-24(37-5)22(30)16-23(21)36-4)28(34)29(35)32(26)19-11-9-18(10-12-19)31(2)3/h7-16,26,33H,6H2,1-5H3/b27-25+. The molecule has 1 unspecified atom stereocenters. The molecular weight excluding hydrogens is 508 g/mol. The van der Waals surface area contributed by atoms with Crippen LogP contribution >= 0.6 is 11.6 Å². The van der Waals surface area contributed by atoms with E-state index in [-0.39, 0.29) is 27.7 Å². The first-order valence-corrected chi connectivity index (χ1v) is 12.3. The maximum absolute atomic E-state index is 13.5. The molecule has 8 nitrogen and oxygen atoms in total. The van der Waals surface area contributed by atoms with Gasteiger partial charge < -0.3 is 24.2 Å². The molecule has 0 spiro atoms. The highest BCUT2D eigenvalue weighted by Crippen LogP contribution is 2.45. The fourth-order valence-corrected chi connectivity index (χ4v) is 4.66. The molecule has 0 bridgehead atoms. The number of anilines is 2. The number of ketones is 1. The maximum Gasteiger partial charge on any atom is 0.300 e. The first kappa shape index (κ1) is 26.9. The molecule has 1 saturated heterocycles. The van der Waals surface area contributed by atoms with Crippen molar-refractivity contribution in [2.45, 2.75) is 13.0 Å². The van der Waals surface area contributed by atoms with Crippen molar-refractivity contribution < 1.29 is 28.9 Å². The topological polar surface area (TPSA) is 88.5 Å². The van der Waals surface area contributed by atoms with Crippen molar-refractivity contribution in [1.29, 1.82) is 0 Å². The Morgan fingerprint density at radius 1 is 0.974 bits per heavy atom. The Bertz CT molecular complexity index is 1380. The fraction of sp³-hybridized carbons (Fsp3) is 0.241. The quantitative estimate of drug-likeness (QED) is 0.233. The minimum atomic E-state index is -0.915. The van der Waals surface area contributed by atoms with Crippen molar-refractivity contribution in [3.8, 4) is 17.2 Å². The van der Waals surface area contributed by atoms with Gasteiger partial charge in [0.1, 0.15) is 23.0 Å². The zero-order chi connectivity index (χ0) is 27.6. The summed E-state index contributed by atoms with van der Waals surface area (Å²) >= 11 is 6.25. The molecule has 1 fully saturated rings. The molecule has 198 valence electrons. The van der Waals surface area contributed by atoms with E-state index in [0.717, 1.165) is 5.69 Å². The largest absolute Gasteiger partial charge is 0.507 e. The van der Waals surface area contributed by atoms with Gasteiger partial charge in [-0.25, -0.2) is 0 Å². The van der Waals surface area contributed by atoms with Crippen molar-refractivity contribution in [3.63, 3.8) is 0 Å². The van der Waals surface area contributed by atoms with Crippen molar-refractivity contribution in [1.82, 2.24) is 0 Å². The zero-order valence-corrected chi connectivity index (χ0v) is 22.6.